The highest BCUT2D eigenvalue weighted by Gasteiger charge is 2.53. The fraction of sp³-hybridized carbons (Fsp3) is 0.667. The van der Waals surface area contributed by atoms with Gasteiger partial charge in [0, 0.05) is 17.5 Å². The van der Waals surface area contributed by atoms with Crippen LogP contribution in [-0.2, 0) is 6.42 Å². The van der Waals surface area contributed by atoms with Crippen LogP contribution < -0.4 is 9.47 Å². The van der Waals surface area contributed by atoms with Gasteiger partial charge < -0.3 is 19.5 Å². The average molecular weight is 303 g/mol. The fourth-order valence-corrected chi connectivity index (χ4v) is 4.83. The van der Waals surface area contributed by atoms with E-state index in [0.717, 1.165) is 37.3 Å². The summed E-state index contributed by atoms with van der Waals surface area (Å²) in [6.07, 6.45) is 2.53. The van der Waals surface area contributed by atoms with E-state index in [1.54, 1.807) is 7.11 Å². The maximum atomic E-state index is 10.5. The monoisotopic (exact) mass is 303 g/mol. The predicted molar refractivity (Wildman–Crippen MR) is 84.7 cm³/mol. The van der Waals surface area contributed by atoms with E-state index in [1.807, 2.05) is 6.07 Å². The smallest absolute Gasteiger partial charge is 0.165 e. The third kappa shape index (κ3) is 1.83. The third-order valence-corrected chi connectivity index (χ3v) is 6.04. The lowest BCUT2D eigenvalue weighted by molar-refractivity contribution is -0.0296. The Morgan fingerprint density at radius 1 is 1.36 bits per heavy atom. The van der Waals surface area contributed by atoms with Crippen molar-refractivity contribution in [3.8, 4) is 11.5 Å². The van der Waals surface area contributed by atoms with E-state index in [0.29, 0.717) is 17.9 Å². The predicted octanol–water partition coefficient (Wildman–Crippen LogP) is 2.19. The van der Waals surface area contributed by atoms with Gasteiger partial charge in [-0.1, -0.05) is 13.0 Å². The van der Waals surface area contributed by atoms with Crippen molar-refractivity contribution in [2.45, 2.75) is 50.4 Å². The molecule has 4 rings (SSSR count). The van der Waals surface area contributed by atoms with Crippen molar-refractivity contribution in [1.82, 2.24) is 4.90 Å². The number of nitrogens with zero attached hydrogens (tertiary/aromatic N) is 1. The molecule has 120 valence electrons. The standard InChI is InChI=1S/C18H25NO3/c1-4-19(2)12-9-10-5-8-14(21-3)18-15(10)16-11(12)6-7-13(20)17(16)22-18/h5,8,11-13,16-17,20H,4,6-7,9H2,1-3H3/t11?,12-,13+,16?,17+/m1/s1. The zero-order valence-electron chi connectivity index (χ0n) is 13.6. The van der Waals surface area contributed by atoms with Crippen LogP contribution in [0.25, 0.3) is 0 Å². The molecule has 2 unspecified atom stereocenters. The number of likely N-dealkylation sites (N-methyl/N-ethyl adjacent to an activating group) is 1. The number of hydrogen-bond donors (Lipinski definition) is 1. The van der Waals surface area contributed by atoms with Gasteiger partial charge in [-0.05, 0) is 50.4 Å². The summed E-state index contributed by atoms with van der Waals surface area (Å²) in [4.78, 5) is 2.46. The summed E-state index contributed by atoms with van der Waals surface area (Å²) in [7, 11) is 3.91. The van der Waals surface area contributed by atoms with Crippen molar-refractivity contribution in [3.05, 3.63) is 23.3 Å². The largest absolute Gasteiger partial charge is 0.493 e. The second-order valence-corrected chi connectivity index (χ2v) is 6.93. The van der Waals surface area contributed by atoms with E-state index in [2.05, 4.69) is 24.9 Å². The van der Waals surface area contributed by atoms with Gasteiger partial charge in [-0.25, -0.2) is 0 Å². The van der Waals surface area contributed by atoms with Gasteiger partial charge >= 0.3 is 0 Å². The Hall–Kier alpha value is -1.26. The molecule has 1 N–H and O–H groups in total. The molecule has 0 bridgehead atoms. The van der Waals surface area contributed by atoms with Crippen LogP contribution in [0, 0.1) is 5.92 Å². The van der Waals surface area contributed by atoms with E-state index in [-0.39, 0.29) is 12.2 Å². The summed E-state index contributed by atoms with van der Waals surface area (Å²) in [6, 6.07) is 4.75. The van der Waals surface area contributed by atoms with Crippen molar-refractivity contribution < 1.29 is 14.6 Å². The first-order chi connectivity index (χ1) is 10.7. The van der Waals surface area contributed by atoms with Crippen molar-refractivity contribution in [2.75, 3.05) is 20.7 Å². The zero-order valence-corrected chi connectivity index (χ0v) is 13.6. The Kier molecular flexibility index (Phi) is 3.35. The lowest BCUT2D eigenvalue weighted by Crippen LogP contribution is -2.51. The first kappa shape index (κ1) is 14.3. The minimum Gasteiger partial charge on any atom is -0.493 e. The van der Waals surface area contributed by atoms with Crippen molar-refractivity contribution >= 4 is 0 Å². The minimum atomic E-state index is -0.364. The summed E-state index contributed by atoms with van der Waals surface area (Å²) in [6.45, 7) is 3.27. The average Bonchev–Trinajstić information content (AvgIpc) is 2.95. The van der Waals surface area contributed by atoms with E-state index >= 15 is 0 Å². The van der Waals surface area contributed by atoms with Crippen molar-refractivity contribution in [3.63, 3.8) is 0 Å². The van der Waals surface area contributed by atoms with Gasteiger partial charge in [0.1, 0.15) is 6.10 Å². The lowest BCUT2D eigenvalue weighted by atomic mass is 9.64. The molecule has 1 aliphatic heterocycles. The highest BCUT2D eigenvalue weighted by atomic mass is 16.5. The molecule has 0 spiro atoms. The van der Waals surface area contributed by atoms with E-state index in [4.69, 9.17) is 9.47 Å². The van der Waals surface area contributed by atoms with Gasteiger partial charge in [0.15, 0.2) is 11.5 Å². The number of benzene rings is 1. The Labute approximate surface area is 132 Å². The SMILES string of the molecule is CCN(C)[C@@H]1Cc2ccc(OC)c3c2C2C1CC[C@H](O)[C@@H]2O3. The molecule has 1 heterocycles. The number of rotatable bonds is 3. The summed E-state index contributed by atoms with van der Waals surface area (Å²) >= 11 is 0. The normalized spacial score (nSPS) is 35.2. The van der Waals surface area contributed by atoms with Gasteiger partial charge in [0.2, 0.25) is 0 Å². The van der Waals surface area contributed by atoms with E-state index in [1.165, 1.54) is 11.1 Å². The molecular formula is C18H25NO3. The Morgan fingerprint density at radius 3 is 2.91 bits per heavy atom. The van der Waals surface area contributed by atoms with Crippen LogP contribution in [0.2, 0.25) is 0 Å². The summed E-state index contributed by atoms with van der Waals surface area (Å²) < 4.78 is 11.7. The third-order valence-electron chi connectivity index (χ3n) is 6.04. The van der Waals surface area contributed by atoms with Gasteiger partial charge in [0.25, 0.3) is 0 Å². The highest BCUT2D eigenvalue weighted by Crippen LogP contribution is 2.57. The van der Waals surface area contributed by atoms with Gasteiger partial charge in [-0.3, -0.25) is 0 Å². The molecule has 22 heavy (non-hydrogen) atoms. The quantitative estimate of drug-likeness (QED) is 0.929. The fourth-order valence-electron chi connectivity index (χ4n) is 4.83. The molecule has 1 fully saturated rings. The molecule has 1 saturated carbocycles. The molecule has 0 amide bonds. The molecule has 4 nitrogen and oxygen atoms in total. The molecule has 4 heteroatoms. The van der Waals surface area contributed by atoms with Crippen molar-refractivity contribution in [2.24, 2.45) is 5.92 Å². The van der Waals surface area contributed by atoms with Gasteiger partial charge in [0.05, 0.1) is 13.2 Å². The Bertz CT molecular complexity index is 588. The van der Waals surface area contributed by atoms with Crippen LogP contribution in [0.1, 0.15) is 36.8 Å². The Balaban J connectivity index is 1.84. The minimum absolute atomic E-state index is 0.100. The molecular weight excluding hydrogens is 278 g/mol. The van der Waals surface area contributed by atoms with Gasteiger partial charge in [-0.2, -0.15) is 0 Å². The summed E-state index contributed by atoms with van der Waals surface area (Å²) in [5, 5.41) is 10.5. The van der Waals surface area contributed by atoms with Crippen LogP contribution in [0.5, 0.6) is 11.5 Å². The van der Waals surface area contributed by atoms with Gasteiger partial charge in [-0.15, -0.1) is 0 Å². The maximum Gasteiger partial charge on any atom is 0.165 e. The number of methoxy groups -OCH3 is 1. The van der Waals surface area contributed by atoms with Crippen LogP contribution >= 0.6 is 0 Å². The molecule has 0 aromatic heterocycles. The van der Waals surface area contributed by atoms with Crippen LogP contribution in [0.4, 0.5) is 0 Å². The highest BCUT2D eigenvalue weighted by molar-refractivity contribution is 5.57. The number of aliphatic hydroxyl groups is 1. The molecule has 2 aliphatic carbocycles. The molecule has 0 radical (unpaired) electrons. The van der Waals surface area contributed by atoms with Crippen LogP contribution in [0.3, 0.4) is 0 Å². The van der Waals surface area contributed by atoms with Crippen LogP contribution in [-0.4, -0.2) is 49.0 Å². The first-order valence-corrected chi connectivity index (χ1v) is 8.40. The summed E-state index contributed by atoms with van der Waals surface area (Å²) in [5.41, 5.74) is 2.69. The zero-order chi connectivity index (χ0) is 15.4. The second kappa shape index (κ2) is 5.14. The van der Waals surface area contributed by atoms with E-state index < -0.39 is 0 Å². The topological polar surface area (TPSA) is 41.9 Å². The number of ether oxygens (including phenoxy) is 2. The lowest BCUT2D eigenvalue weighted by Gasteiger charge is -2.46. The van der Waals surface area contributed by atoms with Crippen LogP contribution in [0.15, 0.2) is 12.1 Å². The van der Waals surface area contributed by atoms with Crippen molar-refractivity contribution in [1.29, 1.82) is 0 Å². The maximum absolute atomic E-state index is 10.5. The number of aliphatic hydroxyl groups excluding tert-OH is 1. The Morgan fingerprint density at radius 2 is 2.18 bits per heavy atom. The molecule has 0 saturated heterocycles. The molecule has 1 aromatic rings. The molecule has 3 aliphatic rings. The first-order valence-electron chi connectivity index (χ1n) is 8.40. The molecule has 1 aromatic carbocycles. The summed E-state index contributed by atoms with van der Waals surface area (Å²) in [5.74, 6) is 2.58. The van der Waals surface area contributed by atoms with E-state index in [9.17, 15) is 5.11 Å². The second-order valence-electron chi connectivity index (χ2n) is 6.93. The molecule has 5 atom stereocenters. The number of hydrogen-bond acceptors (Lipinski definition) is 4.